The highest BCUT2D eigenvalue weighted by atomic mass is 16.7. The first-order valence-corrected chi connectivity index (χ1v) is 7.34. The zero-order chi connectivity index (χ0) is 15.3. The molecule has 0 N–H and O–H groups in total. The van der Waals surface area contributed by atoms with Crippen molar-refractivity contribution in [3.05, 3.63) is 30.3 Å². The van der Waals surface area contributed by atoms with Crippen LogP contribution >= 0.6 is 0 Å². The predicted molar refractivity (Wildman–Crippen MR) is 75.2 cm³/mol. The van der Waals surface area contributed by atoms with Crippen molar-refractivity contribution in [3.8, 4) is 0 Å². The Kier molecular flexibility index (Phi) is 3.02. The molecule has 0 amide bonds. The van der Waals surface area contributed by atoms with Crippen LogP contribution in [0.2, 0.25) is 0 Å². The van der Waals surface area contributed by atoms with Gasteiger partial charge in [-0.2, -0.15) is 0 Å². The highest BCUT2D eigenvalue weighted by Gasteiger charge is 2.64. The Hall–Kier alpha value is -1.86. The van der Waals surface area contributed by atoms with Crippen LogP contribution in [0.3, 0.4) is 0 Å². The standard InChI is InChI=1S/C15H15BO6/c1-9(17)20-15-7-11(19-14(15)18)13-12(8-15)21-16(22-13)10-5-3-2-4-6-10/h2-6,11-13H,7-8H2,1H3/t11-,12-,13+,15-/m1/s1. The summed E-state index contributed by atoms with van der Waals surface area (Å²) in [5.41, 5.74) is -0.298. The van der Waals surface area contributed by atoms with Crippen LogP contribution in [0.1, 0.15) is 19.8 Å². The summed E-state index contributed by atoms with van der Waals surface area (Å²) in [5, 5.41) is 0. The van der Waals surface area contributed by atoms with Gasteiger partial charge in [0.25, 0.3) is 0 Å². The van der Waals surface area contributed by atoms with E-state index in [4.69, 9.17) is 18.8 Å². The number of carbonyl (C=O) groups is 2. The molecule has 3 aliphatic rings. The summed E-state index contributed by atoms with van der Waals surface area (Å²) in [6.45, 7) is 1.29. The lowest BCUT2D eigenvalue weighted by Crippen LogP contribution is -2.49. The molecule has 4 atom stereocenters. The molecule has 114 valence electrons. The van der Waals surface area contributed by atoms with Crippen molar-refractivity contribution >= 4 is 24.5 Å². The molecule has 4 rings (SSSR count). The number of rotatable bonds is 2. The average molecular weight is 302 g/mol. The smallest absolute Gasteiger partial charge is 0.456 e. The molecule has 0 spiro atoms. The molecular weight excluding hydrogens is 287 g/mol. The Morgan fingerprint density at radius 1 is 1.23 bits per heavy atom. The van der Waals surface area contributed by atoms with Gasteiger partial charge in [-0.3, -0.25) is 4.79 Å². The average Bonchev–Trinajstić information content (AvgIpc) is 3.01. The normalized spacial score (nSPS) is 36.0. The molecule has 0 aromatic heterocycles. The van der Waals surface area contributed by atoms with E-state index in [9.17, 15) is 9.59 Å². The van der Waals surface area contributed by atoms with Gasteiger partial charge in [-0.25, -0.2) is 4.79 Å². The van der Waals surface area contributed by atoms with Gasteiger partial charge in [0.15, 0.2) is 0 Å². The maximum Gasteiger partial charge on any atom is 0.494 e. The van der Waals surface area contributed by atoms with Gasteiger partial charge in [-0.1, -0.05) is 30.3 Å². The van der Waals surface area contributed by atoms with Crippen LogP contribution in [0.4, 0.5) is 0 Å². The van der Waals surface area contributed by atoms with Gasteiger partial charge >= 0.3 is 19.1 Å². The van der Waals surface area contributed by atoms with Crippen molar-refractivity contribution in [2.75, 3.05) is 0 Å². The van der Waals surface area contributed by atoms with Crippen LogP contribution in [0.5, 0.6) is 0 Å². The topological polar surface area (TPSA) is 71.1 Å². The van der Waals surface area contributed by atoms with E-state index in [2.05, 4.69) is 0 Å². The first-order chi connectivity index (χ1) is 10.6. The SMILES string of the molecule is CC(=O)O[C@@]12C[C@H]3OB(c4ccccc4)O[C@H]3[C@@H](C1)OC2=O. The maximum absolute atomic E-state index is 12.1. The molecule has 1 aromatic carbocycles. The highest BCUT2D eigenvalue weighted by molar-refractivity contribution is 6.61. The number of ether oxygens (including phenoxy) is 2. The van der Waals surface area contributed by atoms with Crippen LogP contribution in [0.15, 0.2) is 30.3 Å². The molecule has 2 aliphatic heterocycles. The van der Waals surface area contributed by atoms with E-state index in [1.54, 1.807) is 0 Å². The molecule has 22 heavy (non-hydrogen) atoms. The van der Waals surface area contributed by atoms with Gasteiger partial charge in [0, 0.05) is 19.8 Å². The van der Waals surface area contributed by atoms with E-state index in [1.807, 2.05) is 30.3 Å². The van der Waals surface area contributed by atoms with Crippen molar-refractivity contribution in [1.82, 2.24) is 0 Å². The lowest BCUT2D eigenvalue weighted by Gasteiger charge is -2.33. The van der Waals surface area contributed by atoms with Crippen LogP contribution in [-0.2, 0) is 28.4 Å². The Bertz CT molecular complexity index is 620. The summed E-state index contributed by atoms with van der Waals surface area (Å²) in [7, 11) is -0.483. The molecule has 3 fully saturated rings. The van der Waals surface area contributed by atoms with E-state index in [1.165, 1.54) is 6.92 Å². The van der Waals surface area contributed by atoms with Crippen LogP contribution in [0, 0.1) is 0 Å². The fourth-order valence-corrected chi connectivity index (χ4v) is 3.53. The molecule has 6 nitrogen and oxygen atoms in total. The van der Waals surface area contributed by atoms with E-state index in [0.717, 1.165) is 5.46 Å². The first-order valence-electron chi connectivity index (χ1n) is 7.34. The summed E-state index contributed by atoms with van der Waals surface area (Å²) in [6, 6.07) is 9.60. The fraction of sp³-hybridized carbons (Fsp3) is 0.467. The van der Waals surface area contributed by atoms with Crippen LogP contribution < -0.4 is 5.46 Å². The lowest BCUT2D eigenvalue weighted by atomic mass is 9.79. The van der Waals surface area contributed by atoms with E-state index >= 15 is 0 Å². The number of fused-ring (bicyclic) bond motifs is 4. The molecule has 1 saturated carbocycles. The second-order valence-electron chi connectivity index (χ2n) is 5.96. The Morgan fingerprint density at radius 2 is 1.95 bits per heavy atom. The minimum atomic E-state index is -1.22. The van der Waals surface area contributed by atoms with Crippen molar-refractivity contribution in [1.29, 1.82) is 0 Å². The Labute approximate surface area is 127 Å². The molecular formula is C15H15BO6. The molecule has 2 heterocycles. The number of carbonyl (C=O) groups excluding carboxylic acids is 2. The van der Waals surface area contributed by atoms with Crippen LogP contribution in [-0.4, -0.2) is 43.0 Å². The Morgan fingerprint density at radius 3 is 2.68 bits per heavy atom. The van der Waals surface area contributed by atoms with Crippen LogP contribution in [0.25, 0.3) is 0 Å². The maximum atomic E-state index is 12.1. The highest BCUT2D eigenvalue weighted by Crippen LogP contribution is 2.45. The molecule has 2 bridgehead atoms. The summed E-state index contributed by atoms with van der Waals surface area (Å²) in [5.74, 6) is -0.986. The van der Waals surface area contributed by atoms with E-state index in [0.29, 0.717) is 6.42 Å². The number of hydrogen-bond acceptors (Lipinski definition) is 6. The summed E-state index contributed by atoms with van der Waals surface area (Å²) >= 11 is 0. The Balaban J connectivity index is 1.57. The minimum Gasteiger partial charge on any atom is -0.456 e. The van der Waals surface area contributed by atoms with Gasteiger partial charge in [0.05, 0.1) is 6.10 Å². The number of benzene rings is 1. The second kappa shape index (κ2) is 4.82. The third-order valence-corrected chi connectivity index (χ3v) is 4.42. The number of esters is 2. The minimum absolute atomic E-state index is 0.274. The molecule has 0 unspecified atom stereocenters. The molecule has 0 radical (unpaired) electrons. The van der Waals surface area contributed by atoms with Gasteiger partial charge in [0.2, 0.25) is 5.60 Å². The summed E-state index contributed by atoms with van der Waals surface area (Å²) in [4.78, 5) is 23.4. The largest absolute Gasteiger partial charge is 0.494 e. The quantitative estimate of drug-likeness (QED) is 0.573. The van der Waals surface area contributed by atoms with Crippen molar-refractivity contribution in [3.63, 3.8) is 0 Å². The molecule has 1 aromatic rings. The van der Waals surface area contributed by atoms with Gasteiger partial charge < -0.3 is 18.8 Å². The predicted octanol–water partition coefficient (Wildman–Crippen LogP) is 0.187. The van der Waals surface area contributed by atoms with Gasteiger partial charge in [-0.05, 0) is 5.46 Å². The van der Waals surface area contributed by atoms with Gasteiger partial charge in [0.1, 0.15) is 12.2 Å². The summed E-state index contributed by atoms with van der Waals surface area (Å²) in [6.07, 6.45) is -0.470. The van der Waals surface area contributed by atoms with Crippen molar-refractivity contribution in [2.45, 2.75) is 43.7 Å². The summed E-state index contributed by atoms with van der Waals surface area (Å²) < 4.78 is 22.5. The number of hydrogen-bond donors (Lipinski definition) is 0. The first kappa shape index (κ1) is 13.8. The molecule has 1 aliphatic carbocycles. The monoisotopic (exact) mass is 302 g/mol. The lowest BCUT2D eigenvalue weighted by molar-refractivity contribution is -0.173. The fourth-order valence-electron chi connectivity index (χ4n) is 3.53. The molecule has 2 saturated heterocycles. The third-order valence-electron chi connectivity index (χ3n) is 4.42. The van der Waals surface area contributed by atoms with Crippen molar-refractivity contribution in [2.24, 2.45) is 0 Å². The zero-order valence-electron chi connectivity index (χ0n) is 12.1. The zero-order valence-corrected chi connectivity index (χ0v) is 12.1. The third kappa shape index (κ3) is 2.04. The second-order valence-corrected chi connectivity index (χ2v) is 5.96. The van der Waals surface area contributed by atoms with Crippen molar-refractivity contribution < 1.29 is 28.4 Å². The van der Waals surface area contributed by atoms with E-state index < -0.39 is 30.8 Å². The molecule has 7 heteroatoms. The van der Waals surface area contributed by atoms with Gasteiger partial charge in [-0.15, -0.1) is 0 Å². The van der Waals surface area contributed by atoms with E-state index in [-0.39, 0.29) is 18.6 Å².